The summed E-state index contributed by atoms with van der Waals surface area (Å²) in [7, 11) is 19.2. The van der Waals surface area contributed by atoms with Crippen LogP contribution < -0.4 is 0 Å². The van der Waals surface area contributed by atoms with E-state index in [1.54, 1.807) is 21.1 Å². The molecule has 0 aromatic heterocycles. The van der Waals surface area contributed by atoms with Gasteiger partial charge in [-0.3, -0.25) is 8.87 Å². The highest BCUT2D eigenvalue weighted by Crippen LogP contribution is 2.00. The lowest BCUT2D eigenvalue weighted by Crippen LogP contribution is -2.45. The Hall–Kier alpha value is -0.680. The van der Waals surface area contributed by atoms with E-state index in [0.29, 0.717) is 52.6 Å². The lowest BCUT2D eigenvalue weighted by atomic mass is 10.3. The number of quaternary nitrogens is 5. The van der Waals surface area contributed by atoms with Crippen LogP contribution in [0.15, 0.2) is 0 Å². The molecule has 0 aliphatic carbocycles. The molecule has 43 heavy (non-hydrogen) atoms. The summed E-state index contributed by atoms with van der Waals surface area (Å²) in [5.74, 6) is 0. The summed E-state index contributed by atoms with van der Waals surface area (Å²) in [4.78, 5) is 0. The van der Waals surface area contributed by atoms with E-state index < -0.39 is 13.6 Å². The van der Waals surface area contributed by atoms with E-state index in [2.05, 4.69) is 21.1 Å². The third-order valence-corrected chi connectivity index (χ3v) is 6.49. The molecule has 0 spiro atoms. The van der Waals surface area contributed by atoms with Crippen molar-refractivity contribution in [1.29, 1.82) is 0 Å². The number of alkyl halides is 4. The predicted octanol–water partition coefficient (Wildman–Crippen LogP) is 0.479. The molecule has 1 atom stereocenters. The molecule has 0 radical (unpaired) electrons. The molecule has 10 nitrogen and oxygen atoms in total. The number of nitrogens with zero attached hydrogens (tertiary/aromatic N) is 5. The molecule has 0 aromatic rings. The molecule has 0 bridgehead atoms. The van der Waals surface area contributed by atoms with Crippen LogP contribution in [0.1, 0.15) is 13.3 Å². The molecule has 0 aromatic carbocycles. The number of aliphatic hydroxyl groups is 5. The molecule has 1 unspecified atom stereocenters. The van der Waals surface area contributed by atoms with Crippen molar-refractivity contribution in [3.8, 4) is 0 Å². The summed E-state index contributed by atoms with van der Waals surface area (Å²) in [6.07, 6.45) is 0.590. The summed E-state index contributed by atoms with van der Waals surface area (Å²) in [5, 5.41) is 42.3. The zero-order valence-electron chi connectivity index (χ0n) is 29.7. The van der Waals surface area contributed by atoms with Gasteiger partial charge in [0.15, 0.2) is 0 Å². The van der Waals surface area contributed by atoms with Crippen LogP contribution in [0.25, 0.3) is 0 Å². The van der Waals surface area contributed by atoms with Crippen molar-refractivity contribution in [2.45, 2.75) is 13.3 Å². The highest BCUT2D eigenvalue weighted by atomic mass is 18.2. The fourth-order valence-corrected chi connectivity index (χ4v) is 2.66. The molecule has 268 valence electrons. The van der Waals surface area contributed by atoms with Crippen LogP contribution in [0.5, 0.6) is 0 Å². The molecule has 0 saturated heterocycles. The second-order valence-corrected chi connectivity index (χ2v) is 13.7. The SMILES string of the molecule is CC[N+](C)(C[18F])CCO.C[N+](C)(CCO)CCC[18F].C[N+](C)(CCO)CC[18F].C[N+](C)(C[18F])CCO.C[N+](C)([11CH3])CCO. The molecular formula is C29H74F4N5O5+5. The van der Waals surface area contributed by atoms with E-state index >= 15 is 0 Å². The van der Waals surface area contributed by atoms with E-state index in [9.17, 15) is 17.6 Å². The third-order valence-electron chi connectivity index (χ3n) is 6.49. The van der Waals surface area contributed by atoms with Crippen molar-refractivity contribution >= 4 is 0 Å². The zero-order chi connectivity index (χ0) is 35.2. The largest absolute Gasteiger partial charge is 0.391 e. The molecule has 0 fully saturated rings. The van der Waals surface area contributed by atoms with E-state index in [4.69, 9.17) is 25.5 Å². The van der Waals surface area contributed by atoms with Gasteiger partial charge in [0.1, 0.15) is 45.9 Å². The number of rotatable bonds is 18. The quantitative estimate of drug-likeness (QED) is 0.0851. The van der Waals surface area contributed by atoms with Crippen molar-refractivity contribution in [2.75, 3.05) is 183 Å². The fourth-order valence-electron chi connectivity index (χ4n) is 2.66. The van der Waals surface area contributed by atoms with Gasteiger partial charge in [-0.15, -0.1) is 0 Å². The lowest BCUT2D eigenvalue weighted by molar-refractivity contribution is -0.920. The Kier molecular flexibility index (Phi) is 36.2. The first-order chi connectivity index (χ1) is 19.6. The molecule has 0 aliphatic heterocycles. The summed E-state index contributed by atoms with van der Waals surface area (Å²) < 4.78 is 50.0. The third kappa shape index (κ3) is 45.9. The van der Waals surface area contributed by atoms with E-state index in [0.717, 1.165) is 24.1 Å². The second kappa shape index (κ2) is 30.0. The Bertz CT molecular complexity index is 562. The van der Waals surface area contributed by atoms with Gasteiger partial charge in [0.25, 0.3) is 0 Å². The number of aliphatic hydroxyl groups excluding tert-OH is 5. The van der Waals surface area contributed by atoms with Gasteiger partial charge >= 0.3 is 0 Å². The van der Waals surface area contributed by atoms with E-state index in [1.165, 1.54) is 0 Å². The first-order valence-electron chi connectivity index (χ1n) is 15.0. The normalized spacial score (nSPS) is 13.1. The molecule has 0 amide bonds. The van der Waals surface area contributed by atoms with Crippen molar-refractivity contribution in [2.24, 2.45) is 0 Å². The standard InChI is InChI=1S/C7H17FNO.2C6H15FNO.C5H13FNO.C5H14NO/c1-9(2,6-7-10)5-3-4-8;1-8(2,4-3-7)5-6-9;1-3-8(2,6-7)4-5-9;1-7(2,5-6)3-4-8;1-6(2,3)4-5-7/h10H,3-7H2,1-2H3;2*9H,3-6H2,1-2H3;8H,3-5H2,1-2H3;7H,4-5H2,1-3H3/q5*+1/i8-1;2*7-1;6-1;1-1. The molecular weight excluding hydrogens is 569 g/mol. The van der Waals surface area contributed by atoms with Crippen LogP contribution in [0.2, 0.25) is 0 Å². The van der Waals surface area contributed by atoms with Crippen LogP contribution >= 0.6 is 0 Å². The Morgan fingerprint density at radius 2 is 0.791 bits per heavy atom. The van der Waals surface area contributed by atoms with Crippen LogP contribution in [0.3, 0.4) is 0 Å². The maximum Gasteiger partial charge on any atom is 0.222 e. The highest BCUT2D eigenvalue weighted by molar-refractivity contribution is 4.35. The Morgan fingerprint density at radius 1 is 0.419 bits per heavy atom. The van der Waals surface area contributed by atoms with Crippen LogP contribution in [-0.2, 0) is 0 Å². The molecule has 0 saturated carbocycles. The number of likely N-dealkylation sites (N-methyl/N-ethyl adjacent to an activating group) is 5. The van der Waals surface area contributed by atoms with Gasteiger partial charge in [0, 0.05) is 6.42 Å². The van der Waals surface area contributed by atoms with Crippen LogP contribution in [-0.4, -0.2) is 231 Å². The Balaban J connectivity index is -0.000000141. The molecule has 14 heteroatoms. The van der Waals surface area contributed by atoms with Crippen molar-refractivity contribution in [3.63, 3.8) is 0 Å². The van der Waals surface area contributed by atoms with Gasteiger partial charge in [-0.05, 0) is 6.92 Å². The van der Waals surface area contributed by atoms with E-state index in [1.807, 2.05) is 35.1 Å². The number of halogens is 4. The predicted molar refractivity (Wildman–Crippen MR) is 169 cm³/mol. The smallest absolute Gasteiger partial charge is 0.222 e. The highest BCUT2D eigenvalue weighted by Gasteiger charge is 2.16. The minimum atomic E-state index is -0.416. The minimum absolute atomic E-state index is 0.0525. The summed E-state index contributed by atoms with van der Waals surface area (Å²) in [6, 6.07) is 0. The number of hydrogen-bond acceptors (Lipinski definition) is 5. The number of hydrogen-bond donors (Lipinski definition) is 5. The first-order valence-corrected chi connectivity index (χ1v) is 15.0. The van der Waals surface area contributed by atoms with Crippen LogP contribution in [0.4, 0.5) is 17.6 Å². The summed E-state index contributed by atoms with van der Waals surface area (Å²) in [5.41, 5.74) is 0. The van der Waals surface area contributed by atoms with Gasteiger partial charge in [0.2, 0.25) is 13.6 Å². The maximum atomic E-state index is 12.1. The van der Waals surface area contributed by atoms with Gasteiger partial charge in [-0.1, -0.05) is 0 Å². The van der Waals surface area contributed by atoms with Crippen molar-refractivity contribution < 1.29 is 65.5 Å². The average molecular weight is 644 g/mol. The lowest BCUT2D eigenvalue weighted by Gasteiger charge is -2.28. The molecule has 0 rings (SSSR count). The molecule has 0 heterocycles. The summed E-state index contributed by atoms with van der Waals surface area (Å²) >= 11 is 0. The van der Waals surface area contributed by atoms with Crippen LogP contribution in [0, 0.1) is 0 Å². The monoisotopic (exact) mass is 644 g/mol. The molecule has 0 aliphatic rings. The fraction of sp³-hybridized carbons (Fsp3) is 1.00. The van der Waals surface area contributed by atoms with Gasteiger partial charge in [-0.25, -0.2) is 4.39 Å². The Morgan fingerprint density at radius 3 is 0.977 bits per heavy atom. The van der Waals surface area contributed by atoms with Crippen molar-refractivity contribution in [3.05, 3.63) is 0 Å². The second-order valence-electron chi connectivity index (χ2n) is 13.7. The molecule has 5 N–H and O–H groups in total. The zero-order valence-corrected chi connectivity index (χ0v) is 29.7. The maximum absolute atomic E-state index is 12.1. The van der Waals surface area contributed by atoms with Gasteiger partial charge in [-0.2, -0.15) is 8.78 Å². The topological polar surface area (TPSA) is 101 Å². The van der Waals surface area contributed by atoms with Gasteiger partial charge in [0.05, 0.1) is 123 Å². The Labute approximate surface area is 261 Å². The first kappa shape index (κ1) is 51.9. The van der Waals surface area contributed by atoms with Gasteiger partial charge < -0.3 is 43.5 Å². The minimum Gasteiger partial charge on any atom is -0.391 e. The average Bonchev–Trinajstić information content (AvgIpc) is 2.88. The van der Waals surface area contributed by atoms with E-state index in [-0.39, 0.29) is 50.9 Å². The summed E-state index contributed by atoms with van der Waals surface area (Å²) in [6.45, 7) is 6.43. The van der Waals surface area contributed by atoms with Crippen molar-refractivity contribution in [1.82, 2.24) is 0 Å².